The first-order chi connectivity index (χ1) is 16.5. The van der Waals surface area contributed by atoms with Crippen molar-refractivity contribution in [1.29, 1.82) is 0 Å². The Kier molecular flexibility index (Phi) is 7.63. The Bertz CT molecular complexity index is 1070. The van der Waals surface area contributed by atoms with Gasteiger partial charge in [-0.1, -0.05) is 54.4 Å². The fourth-order valence-electron chi connectivity index (χ4n) is 4.86. The number of methoxy groups -OCH3 is 1. The number of hydrazone groups is 1. The van der Waals surface area contributed by atoms with Gasteiger partial charge in [0.2, 0.25) is 0 Å². The van der Waals surface area contributed by atoms with Crippen LogP contribution in [0.3, 0.4) is 0 Å². The van der Waals surface area contributed by atoms with Gasteiger partial charge >= 0.3 is 5.97 Å². The van der Waals surface area contributed by atoms with E-state index in [2.05, 4.69) is 6.07 Å². The minimum absolute atomic E-state index is 0.125. The molecule has 180 valence electrons. The molecule has 1 fully saturated rings. The first-order valence-corrected chi connectivity index (χ1v) is 12.0. The number of esters is 1. The van der Waals surface area contributed by atoms with Crippen molar-refractivity contribution in [2.24, 2.45) is 5.10 Å². The zero-order valence-electron chi connectivity index (χ0n) is 20.2. The van der Waals surface area contributed by atoms with Crippen LogP contribution < -0.4 is 4.74 Å². The third-order valence-corrected chi connectivity index (χ3v) is 6.53. The van der Waals surface area contributed by atoms with Crippen LogP contribution in [0.15, 0.2) is 53.6 Å². The van der Waals surface area contributed by atoms with Crippen molar-refractivity contribution >= 4 is 17.6 Å². The van der Waals surface area contributed by atoms with E-state index < -0.39 is 0 Å². The lowest BCUT2D eigenvalue weighted by Gasteiger charge is -2.34. The number of carbonyl (C=O) groups excluding carboxylic acids is 2. The molecule has 2 aromatic carbocycles. The van der Waals surface area contributed by atoms with Gasteiger partial charge in [0.1, 0.15) is 11.8 Å². The average molecular weight is 464 g/mol. The molecule has 2 aliphatic rings. The van der Waals surface area contributed by atoms with Crippen LogP contribution in [0.4, 0.5) is 0 Å². The molecule has 0 saturated carbocycles. The minimum atomic E-state index is -0.384. The lowest BCUT2D eigenvalue weighted by Crippen LogP contribution is -2.49. The number of nitrogens with zero attached hydrogens (tertiary/aromatic N) is 3. The number of ether oxygens (including phenoxy) is 2. The van der Waals surface area contributed by atoms with Gasteiger partial charge in [-0.25, -0.2) is 5.01 Å². The van der Waals surface area contributed by atoms with E-state index >= 15 is 0 Å². The largest absolute Gasteiger partial charge is 0.496 e. The van der Waals surface area contributed by atoms with Gasteiger partial charge in [0.15, 0.2) is 0 Å². The monoisotopic (exact) mass is 463 g/mol. The van der Waals surface area contributed by atoms with Gasteiger partial charge in [-0.05, 0) is 44.9 Å². The molecule has 7 heteroatoms. The number of piperidine rings is 1. The first kappa shape index (κ1) is 24.0. The first-order valence-electron chi connectivity index (χ1n) is 12.0. The van der Waals surface area contributed by atoms with Crippen LogP contribution >= 0.6 is 0 Å². The Morgan fingerprint density at radius 2 is 1.94 bits per heavy atom. The second kappa shape index (κ2) is 10.8. The molecule has 34 heavy (non-hydrogen) atoms. The maximum absolute atomic E-state index is 13.7. The van der Waals surface area contributed by atoms with E-state index in [9.17, 15) is 9.59 Å². The third kappa shape index (κ3) is 5.14. The highest BCUT2D eigenvalue weighted by Crippen LogP contribution is 2.37. The highest BCUT2D eigenvalue weighted by atomic mass is 16.5. The highest BCUT2D eigenvalue weighted by molar-refractivity contribution is 6.03. The van der Waals surface area contributed by atoms with E-state index in [-0.39, 0.29) is 30.5 Å². The number of hydrogen-bond acceptors (Lipinski definition) is 6. The summed E-state index contributed by atoms with van der Waals surface area (Å²) in [6.45, 7) is 5.01. The van der Waals surface area contributed by atoms with Gasteiger partial charge in [-0.3, -0.25) is 14.5 Å². The van der Waals surface area contributed by atoms with E-state index in [4.69, 9.17) is 14.6 Å². The molecule has 4 rings (SSSR count). The summed E-state index contributed by atoms with van der Waals surface area (Å²) in [5.41, 5.74) is 3.95. The van der Waals surface area contributed by atoms with E-state index in [1.54, 1.807) is 19.0 Å². The Balaban J connectivity index is 1.63. The molecule has 0 bridgehead atoms. The van der Waals surface area contributed by atoms with Crippen molar-refractivity contribution in [3.8, 4) is 5.75 Å². The van der Waals surface area contributed by atoms with Crippen molar-refractivity contribution in [2.75, 3.05) is 26.8 Å². The number of aryl methyl sites for hydroxylation is 1. The van der Waals surface area contributed by atoms with E-state index in [1.165, 1.54) is 0 Å². The number of rotatable bonds is 7. The summed E-state index contributed by atoms with van der Waals surface area (Å²) in [5, 5.41) is 6.40. The number of likely N-dealkylation sites (tertiary alicyclic amines) is 1. The summed E-state index contributed by atoms with van der Waals surface area (Å²) < 4.78 is 10.9. The van der Waals surface area contributed by atoms with Crippen molar-refractivity contribution in [3.05, 3.63) is 65.2 Å². The van der Waals surface area contributed by atoms with Gasteiger partial charge in [-0.15, -0.1) is 0 Å². The second-order valence-corrected chi connectivity index (χ2v) is 8.85. The highest BCUT2D eigenvalue weighted by Gasteiger charge is 2.38. The maximum atomic E-state index is 13.7. The number of hydrogen-bond donors (Lipinski definition) is 0. The van der Waals surface area contributed by atoms with Crippen LogP contribution in [0.25, 0.3) is 0 Å². The van der Waals surface area contributed by atoms with Crippen molar-refractivity contribution in [2.45, 2.75) is 51.6 Å². The molecule has 7 nitrogen and oxygen atoms in total. The van der Waals surface area contributed by atoms with Gasteiger partial charge in [-0.2, -0.15) is 5.10 Å². The molecule has 0 aromatic heterocycles. The summed E-state index contributed by atoms with van der Waals surface area (Å²) in [5.74, 6) is 0.352. The minimum Gasteiger partial charge on any atom is -0.496 e. The fourth-order valence-corrected chi connectivity index (χ4v) is 4.86. The molecular weight excluding hydrogens is 430 g/mol. The topological polar surface area (TPSA) is 71.4 Å². The Hall–Kier alpha value is -3.19. The predicted molar refractivity (Wildman–Crippen MR) is 131 cm³/mol. The summed E-state index contributed by atoms with van der Waals surface area (Å²) in [7, 11) is 1.64. The van der Waals surface area contributed by atoms with Gasteiger partial charge in [0.05, 0.1) is 32.0 Å². The molecule has 0 aliphatic carbocycles. The van der Waals surface area contributed by atoms with Crippen LogP contribution in [0.2, 0.25) is 0 Å². The van der Waals surface area contributed by atoms with Crippen LogP contribution in [0, 0.1) is 6.92 Å². The molecular formula is C27H33N3O4. The molecule has 2 aromatic rings. The lowest BCUT2D eigenvalue weighted by molar-refractivity contribution is -0.152. The number of benzene rings is 2. The van der Waals surface area contributed by atoms with Crippen molar-refractivity contribution < 1.29 is 19.1 Å². The molecule has 0 spiro atoms. The fraction of sp³-hybridized carbons (Fsp3) is 0.444. The molecule has 2 atom stereocenters. The van der Waals surface area contributed by atoms with E-state index in [1.807, 2.05) is 54.3 Å². The summed E-state index contributed by atoms with van der Waals surface area (Å²) in [6.07, 6.45) is 3.21. The second-order valence-electron chi connectivity index (χ2n) is 8.85. The van der Waals surface area contributed by atoms with Crippen molar-refractivity contribution in [1.82, 2.24) is 9.91 Å². The van der Waals surface area contributed by atoms with Crippen LogP contribution in [0.5, 0.6) is 5.75 Å². The Morgan fingerprint density at radius 3 is 2.71 bits per heavy atom. The lowest BCUT2D eigenvalue weighted by atomic mass is 9.97. The number of amides is 1. The molecule has 2 unspecified atom stereocenters. The Labute approximate surface area is 201 Å². The van der Waals surface area contributed by atoms with Crippen molar-refractivity contribution in [3.63, 3.8) is 0 Å². The quantitative estimate of drug-likeness (QED) is 0.578. The van der Waals surface area contributed by atoms with E-state index in [0.717, 1.165) is 41.0 Å². The normalized spacial score (nSPS) is 20.7. The molecule has 0 N–H and O–H groups in total. The number of para-hydroxylation sites is 1. The third-order valence-electron chi connectivity index (χ3n) is 6.53. The summed E-state index contributed by atoms with van der Waals surface area (Å²) in [6, 6.07) is 15.3. The van der Waals surface area contributed by atoms with E-state index in [0.29, 0.717) is 26.0 Å². The van der Waals surface area contributed by atoms with Crippen LogP contribution in [-0.4, -0.2) is 60.3 Å². The average Bonchev–Trinajstić information content (AvgIpc) is 3.30. The summed E-state index contributed by atoms with van der Waals surface area (Å²) in [4.78, 5) is 28.1. The maximum Gasteiger partial charge on any atom is 0.323 e. The van der Waals surface area contributed by atoms with Crippen LogP contribution in [-0.2, 0) is 14.3 Å². The van der Waals surface area contributed by atoms with Gasteiger partial charge < -0.3 is 9.47 Å². The molecule has 0 radical (unpaired) electrons. The molecule has 2 aliphatic heterocycles. The Morgan fingerprint density at radius 1 is 1.12 bits per heavy atom. The molecule has 1 amide bonds. The zero-order chi connectivity index (χ0) is 24.1. The van der Waals surface area contributed by atoms with Crippen LogP contribution in [0.1, 0.15) is 55.3 Å². The predicted octanol–water partition coefficient (Wildman–Crippen LogP) is 4.10. The van der Waals surface area contributed by atoms with Gasteiger partial charge in [0.25, 0.3) is 5.91 Å². The van der Waals surface area contributed by atoms with Gasteiger partial charge in [0, 0.05) is 12.0 Å². The number of carbonyl (C=O) groups is 2. The smallest absolute Gasteiger partial charge is 0.323 e. The standard InChI is InChI=1S/C27H33N3O4/c1-4-34-27(32)23-13-7-8-15-29(23)18-26(31)30-24(21-12-5-6-14-25(21)33-3)17-22(28-30)20-11-9-10-19(2)16-20/h5-6,9-12,14,16,23-24H,4,7-8,13,15,17-18H2,1-3H3. The molecule has 2 heterocycles. The summed E-state index contributed by atoms with van der Waals surface area (Å²) >= 11 is 0. The molecule has 1 saturated heterocycles. The SMILES string of the molecule is CCOC(=O)C1CCCCN1CC(=O)N1N=C(c2cccc(C)c2)CC1c1ccccc1OC. The zero-order valence-corrected chi connectivity index (χ0v) is 20.2.